The average molecular weight is 238 g/mol. The van der Waals surface area contributed by atoms with Crippen molar-refractivity contribution < 1.29 is 8.78 Å². The fourth-order valence-corrected chi connectivity index (χ4v) is 1.63. The van der Waals surface area contributed by atoms with Crippen molar-refractivity contribution >= 4 is 0 Å². The van der Waals surface area contributed by atoms with E-state index in [-0.39, 0.29) is 0 Å². The van der Waals surface area contributed by atoms with Gasteiger partial charge in [0.25, 0.3) is 6.43 Å². The summed E-state index contributed by atoms with van der Waals surface area (Å²) in [5, 5.41) is 10.1. The van der Waals surface area contributed by atoms with Crippen LogP contribution in [0, 0.1) is 0 Å². The zero-order chi connectivity index (χ0) is 12.3. The Balaban J connectivity index is 2.41. The fourth-order valence-electron chi connectivity index (χ4n) is 1.63. The molecule has 0 spiro atoms. The smallest absolute Gasteiger partial charge is 0.259 e. The van der Waals surface area contributed by atoms with E-state index >= 15 is 0 Å². The van der Waals surface area contributed by atoms with Crippen molar-refractivity contribution in [3.8, 4) is 5.69 Å². The molecule has 1 aromatic carbocycles. The molecule has 1 heterocycles. The van der Waals surface area contributed by atoms with Crippen LogP contribution in [0.25, 0.3) is 5.69 Å². The maximum Gasteiger partial charge on any atom is 0.259 e. The Labute approximate surface area is 97.3 Å². The van der Waals surface area contributed by atoms with Gasteiger partial charge >= 0.3 is 0 Å². The van der Waals surface area contributed by atoms with Gasteiger partial charge in [-0.2, -0.15) is 0 Å². The van der Waals surface area contributed by atoms with Gasteiger partial charge in [0, 0.05) is 0 Å². The Morgan fingerprint density at radius 3 is 2.53 bits per heavy atom. The standard InChI is InChI=1S/C11H12F2N4/c1-14-10(11(12)13)9-7-15-16-17(9)8-5-3-2-4-6-8/h2-7,10-11,14H,1H3. The summed E-state index contributed by atoms with van der Waals surface area (Å²) < 4.78 is 27.1. The number of hydrogen-bond donors (Lipinski definition) is 1. The van der Waals surface area contributed by atoms with E-state index in [0.29, 0.717) is 11.4 Å². The molecule has 6 heteroatoms. The van der Waals surface area contributed by atoms with Crippen molar-refractivity contribution in [3.63, 3.8) is 0 Å². The van der Waals surface area contributed by atoms with Gasteiger partial charge in [0.05, 0.1) is 17.6 Å². The van der Waals surface area contributed by atoms with E-state index in [4.69, 9.17) is 0 Å². The highest BCUT2D eigenvalue weighted by atomic mass is 19.3. The Kier molecular flexibility index (Phi) is 3.43. The Hall–Kier alpha value is -1.82. The lowest BCUT2D eigenvalue weighted by Crippen LogP contribution is -2.26. The minimum atomic E-state index is -2.51. The van der Waals surface area contributed by atoms with Crippen molar-refractivity contribution in [2.75, 3.05) is 7.05 Å². The lowest BCUT2D eigenvalue weighted by Gasteiger charge is -2.15. The summed E-state index contributed by atoms with van der Waals surface area (Å²) in [7, 11) is 1.49. The van der Waals surface area contributed by atoms with Gasteiger partial charge in [-0.25, -0.2) is 13.5 Å². The van der Waals surface area contributed by atoms with Gasteiger partial charge in [0.15, 0.2) is 0 Å². The van der Waals surface area contributed by atoms with Gasteiger partial charge in [0.2, 0.25) is 0 Å². The lowest BCUT2D eigenvalue weighted by molar-refractivity contribution is 0.0993. The molecule has 2 aromatic rings. The molecule has 0 fully saturated rings. The minimum absolute atomic E-state index is 0.341. The van der Waals surface area contributed by atoms with Crippen LogP contribution in [0.1, 0.15) is 11.7 Å². The van der Waals surface area contributed by atoms with Crippen LogP contribution >= 0.6 is 0 Å². The second-order valence-corrected chi connectivity index (χ2v) is 3.51. The molecule has 0 aliphatic rings. The highest BCUT2D eigenvalue weighted by Crippen LogP contribution is 2.21. The number of rotatable bonds is 4. The number of para-hydroxylation sites is 1. The molecule has 0 saturated carbocycles. The molecular weight excluding hydrogens is 226 g/mol. The zero-order valence-electron chi connectivity index (χ0n) is 9.22. The summed E-state index contributed by atoms with van der Waals surface area (Å²) in [6, 6.07) is 7.98. The molecule has 0 bridgehead atoms. The minimum Gasteiger partial charge on any atom is -0.307 e. The zero-order valence-corrected chi connectivity index (χ0v) is 9.22. The second kappa shape index (κ2) is 5.01. The third kappa shape index (κ3) is 2.31. The van der Waals surface area contributed by atoms with Gasteiger partial charge in [-0.3, -0.25) is 0 Å². The van der Waals surface area contributed by atoms with Crippen molar-refractivity contribution in [1.82, 2.24) is 20.3 Å². The molecule has 0 aliphatic heterocycles. The maximum atomic E-state index is 12.8. The predicted octanol–water partition coefficient (Wildman–Crippen LogP) is 1.79. The lowest BCUT2D eigenvalue weighted by atomic mass is 10.2. The van der Waals surface area contributed by atoms with Crippen LogP contribution in [-0.2, 0) is 0 Å². The average Bonchev–Trinajstić information content (AvgIpc) is 2.80. The fraction of sp³-hybridized carbons (Fsp3) is 0.273. The number of hydrogen-bond acceptors (Lipinski definition) is 3. The number of aromatic nitrogens is 3. The van der Waals surface area contributed by atoms with Crippen LogP contribution in [0.4, 0.5) is 8.78 Å². The van der Waals surface area contributed by atoms with Crippen molar-refractivity contribution in [3.05, 3.63) is 42.2 Å². The van der Waals surface area contributed by atoms with E-state index in [1.165, 1.54) is 17.9 Å². The first-order valence-electron chi connectivity index (χ1n) is 5.15. The predicted molar refractivity (Wildman–Crippen MR) is 59.2 cm³/mol. The van der Waals surface area contributed by atoms with Gasteiger partial charge in [-0.1, -0.05) is 23.4 Å². The van der Waals surface area contributed by atoms with Crippen LogP contribution in [0.15, 0.2) is 36.5 Å². The summed E-state index contributed by atoms with van der Waals surface area (Å²) in [5.74, 6) is 0. The van der Waals surface area contributed by atoms with E-state index < -0.39 is 12.5 Å². The van der Waals surface area contributed by atoms with Crippen molar-refractivity contribution in [2.45, 2.75) is 12.5 Å². The molecule has 1 unspecified atom stereocenters. The summed E-state index contributed by atoms with van der Waals surface area (Å²) in [5.41, 5.74) is 1.05. The van der Waals surface area contributed by atoms with E-state index in [1.807, 2.05) is 18.2 Å². The van der Waals surface area contributed by atoms with Gasteiger partial charge in [0.1, 0.15) is 6.04 Å². The van der Waals surface area contributed by atoms with Gasteiger partial charge in [-0.05, 0) is 19.2 Å². The van der Waals surface area contributed by atoms with E-state index in [1.54, 1.807) is 12.1 Å². The van der Waals surface area contributed by atoms with Crippen LogP contribution in [0.3, 0.4) is 0 Å². The number of alkyl halides is 2. The number of halogens is 2. The molecule has 1 atom stereocenters. The molecule has 4 nitrogen and oxygen atoms in total. The summed E-state index contributed by atoms with van der Waals surface area (Å²) >= 11 is 0. The van der Waals surface area contributed by atoms with E-state index in [0.717, 1.165) is 0 Å². The molecule has 2 rings (SSSR count). The highest BCUT2D eigenvalue weighted by Gasteiger charge is 2.25. The van der Waals surface area contributed by atoms with Gasteiger partial charge in [-0.15, -0.1) is 5.10 Å². The first-order chi connectivity index (χ1) is 8.24. The molecule has 1 N–H and O–H groups in total. The molecule has 0 saturated heterocycles. The van der Waals surface area contributed by atoms with Crippen LogP contribution in [-0.4, -0.2) is 28.5 Å². The molecule has 0 aliphatic carbocycles. The van der Waals surface area contributed by atoms with Crippen LogP contribution in [0.2, 0.25) is 0 Å². The topological polar surface area (TPSA) is 42.7 Å². The number of nitrogens with one attached hydrogen (secondary N) is 1. The van der Waals surface area contributed by atoms with E-state index in [9.17, 15) is 8.78 Å². The van der Waals surface area contributed by atoms with Crippen molar-refractivity contribution in [2.24, 2.45) is 0 Å². The Morgan fingerprint density at radius 2 is 1.94 bits per heavy atom. The Morgan fingerprint density at radius 1 is 1.24 bits per heavy atom. The largest absolute Gasteiger partial charge is 0.307 e. The third-order valence-corrected chi connectivity index (χ3v) is 2.46. The Bertz CT molecular complexity index is 469. The highest BCUT2D eigenvalue weighted by molar-refractivity contribution is 5.32. The number of benzene rings is 1. The normalized spacial score (nSPS) is 12.9. The maximum absolute atomic E-state index is 12.8. The summed E-state index contributed by atoms with van der Waals surface area (Å²) in [6.07, 6.45) is -1.17. The molecule has 0 radical (unpaired) electrons. The molecular formula is C11H12F2N4. The number of nitrogens with zero attached hydrogens (tertiary/aromatic N) is 3. The first-order valence-corrected chi connectivity index (χ1v) is 5.15. The molecule has 0 amide bonds. The van der Waals surface area contributed by atoms with E-state index in [2.05, 4.69) is 15.6 Å². The third-order valence-electron chi connectivity index (χ3n) is 2.46. The van der Waals surface area contributed by atoms with Gasteiger partial charge < -0.3 is 5.32 Å². The first kappa shape index (κ1) is 11.7. The molecule has 17 heavy (non-hydrogen) atoms. The summed E-state index contributed by atoms with van der Waals surface area (Å²) in [6.45, 7) is 0. The second-order valence-electron chi connectivity index (χ2n) is 3.51. The van der Waals surface area contributed by atoms with Crippen LogP contribution < -0.4 is 5.32 Å². The monoisotopic (exact) mass is 238 g/mol. The van der Waals surface area contributed by atoms with Crippen LogP contribution in [0.5, 0.6) is 0 Å². The summed E-state index contributed by atoms with van der Waals surface area (Å²) in [4.78, 5) is 0. The SMILES string of the molecule is CNC(c1cnnn1-c1ccccc1)C(F)F. The quantitative estimate of drug-likeness (QED) is 0.883. The molecule has 90 valence electrons. The molecule has 1 aromatic heterocycles. The van der Waals surface area contributed by atoms with Crippen molar-refractivity contribution in [1.29, 1.82) is 0 Å².